The number of alkyl halides is 1. The van der Waals surface area contributed by atoms with E-state index in [0.29, 0.717) is 5.88 Å². The molecule has 2 rings (SSSR count). The average molecular weight is 265 g/mol. The Kier molecular flexibility index (Phi) is 3.76. The molecule has 2 heteroatoms. The van der Waals surface area contributed by atoms with Gasteiger partial charge < -0.3 is 0 Å². The van der Waals surface area contributed by atoms with E-state index in [9.17, 15) is 0 Å². The van der Waals surface area contributed by atoms with Crippen molar-refractivity contribution in [2.45, 2.75) is 19.7 Å². The van der Waals surface area contributed by atoms with Crippen molar-refractivity contribution in [3.63, 3.8) is 0 Å². The normalized spacial score (nSPS) is 10.6. The molecule has 0 aromatic heterocycles. The smallest absolute Gasteiger partial charge is 0.0484 e. The number of aryl methyl sites for hydroxylation is 2. The molecule has 2 aromatic carbocycles. The number of hydrogen-bond acceptors (Lipinski definition) is 0. The molecule has 0 amide bonds. The second-order valence-corrected chi connectivity index (χ2v) is 4.94. The number of benzene rings is 2. The Labute approximate surface area is 112 Å². The molecule has 0 unspecified atom stereocenters. The molecule has 88 valence electrons. The van der Waals surface area contributed by atoms with Crippen LogP contribution in [0, 0.1) is 13.8 Å². The lowest BCUT2D eigenvalue weighted by Crippen LogP contribution is -1.88. The van der Waals surface area contributed by atoms with E-state index in [2.05, 4.69) is 38.1 Å². The van der Waals surface area contributed by atoms with Crippen LogP contribution >= 0.6 is 23.2 Å². The zero-order chi connectivity index (χ0) is 12.4. The van der Waals surface area contributed by atoms with Gasteiger partial charge >= 0.3 is 0 Å². The first-order chi connectivity index (χ1) is 8.11. The summed E-state index contributed by atoms with van der Waals surface area (Å²) >= 11 is 12.1. The number of hydrogen-bond donors (Lipinski definition) is 0. The van der Waals surface area contributed by atoms with Crippen LogP contribution in [0.4, 0.5) is 0 Å². The second kappa shape index (κ2) is 5.12. The molecule has 0 radical (unpaired) electrons. The Morgan fingerprint density at radius 1 is 0.941 bits per heavy atom. The molecule has 17 heavy (non-hydrogen) atoms. The van der Waals surface area contributed by atoms with E-state index in [1.165, 1.54) is 16.7 Å². The van der Waals surface area contributed by atoms with Crippen molar-refractivity contribution >= 4 is 23.2 Å². The molecule has 0 saturated heterocycles. The van der Waals surface area contributed by atoms with Gasteiger partial charge in [0.05, 0.1) is 0 Å². The molecule has 0 nitrogen and oxygen atoms in total. The van der Waals surface area contributed by atoms with E-state index in [-0.39, 0.29) is 0 Å². The molecule has 0 spiro atoms. The monoisotopic (exact) mass is 264 g/mol. The van der Waals surface area contributed by atoms with Gasteiger partial charge in [-0.05, 0) is 42.7 Å². The van der Waals surface area contributed by atoms with Crippen LogP contribution in [0.2, 0.25) is 5.02 Å². The van der Waals surface area contributed by atoms with Gasteiger partial charge in [-0.15, -0.1) is 11.6 Å². The Morgan fingerprint density at radius 2 is 1.71 bits per heavy atom. The predicted molar refractivity (Wildman–Crippen MR) is 75.9 cm³/mol. The van der Waals surface area contributed by atoms with Gasteiger partial charge in [0.1, 0.15) is 0 Å². The minimum absolute atomic E-state index is 0.509. The maximum absolute atomic E-state index is 6.26. The van der Waals surface area contributed by atoms with Gasteiger partial charge in [-0.3, -0.25) is 0 Å². The quantitative estimate of drug-likeness (QED) is 0.641. The van der Waals surface area contributed by atoms with Crippen molar-refractivity contribution < 1.29 is 0 Å². The fourth-order valence-corrected chi connectivity index (χ4v) is 2.36. The Bertz CT molecular complexity index is 545. The first-order valence-electron chi connectivity index (χ1n) is 5.54. The minimum atomic E-state index is 0.509. The summed E-state index contributed by atoms with van der Waals surface area (Å²) in [5, 5.41) is 0.769. The van der Waals surface area contributed by atoms with Crippen LogP contribution < -0.4 is 0 Å². The van der Waals surface area contributed by atoms with E-state index < -0.39 is 0 Å². The van der Waals surface area contributed by atoms with Gasteiger partial charge in [-0.2, -0.15) is 0 Å². The Hall–Kier alpha value is -0.980. The topological polar surface area (TPSA) is 0 Å². The molecule has 0 heterocycles. The van der Waals surface area contributed by atoms with E-state index in [4.69, 9.17) is 23.2 Å². The SMILES string of the molecule is Cc1ccc(-c2cc(CCl)ccc2Cl)c(C)c1. The molecule has 2 aromatic rings. The third kappa shape index (κ3) is 2.65. The lowest BCUT2D eigenvalue weighted by Gasteiger charge is -2.10. The summed E-state index contributed by atoms with van der Waals surface area (Å²) in [6.45, 7) is 4.19. The van der Waals surface area contributed by atoms with Gasteiger partial charge in [-0.25, -0.2) is 0 Å². The molecule has 0 aliphatic heterocycles. The van der Waals surface area contributed by atoms with Gasteiger partial charge in [0, 0.05) is 16.5 Å². The van der Waals surface area contributed by atoms with E-state index in [0.717, 1.165) is 16.1 Å². The average Bonchev–Trinajstić information content (AvgIpc) is 2.30. The number of rotatable bonds is 2. The lowest BCUT2D eigenvalue weighted by molar-refractivity contribution is 1.36. The summed E-state index contributed by atoms with van der Waals surface area (Å²) in [5.41, 5.74) is 5.82. The fourth-order valence-electron chi connectivity index (χ4n) is 1.98. The molecule has 0 aliphatic carbocycles. The molecule has 0 atom stereocenters. The first kappa shape index (κ1) is 12.5. The summed E-state index contributed by atoms with van der Waals surface area (Å²) in [6.07, 6.45) is 0. The highest BCUT2D eigenvalue weighted by atomic mass is 35.5. The zero-order valence-corrected chi connectivity index (χ0v) is 11.4. The Balaban J connectivity index is 2.59. The first-order valence-corrected chi connectivity index (χ1v) is 6.45. The van der Waals surface area contributed by atoms with Crippen LogP contribution in [0.5, 0.6) is 0 Å². The van der Waals surface area contributed by atoms with Crippen molar-refractivity contribution in [1.82, 2.24) is 0 Å². The van der Waals surface area contributed by atoms with Crippen molar-refractivity contribution in [1.29, 1.82) is 0 Å². The highest BCUT2D eigenvalue weighted by Gasteiger charge is 2.07. The van der Waals surface area contributed by atoms with Crippen molar-refractivity contribution in [2.24, 2.45) is 0 Å². The summed E-state index contributed by atoms with van der Waals surface area (Å²) in [4.78, 5) is 0. The summed E-state index contributed by atoms with van der Waals surface area (Å²) in [7, 11) is 0. The maximum atomic E-state index is 6.26. The van der Waals surface area contributed by atoms with Crippen LogP contribution in [0.3, 0.4) is 0 Å². The molecule has 0 fully saturated rings. The molecule has 0 aliphatic rings. The van der Waals surface area contributed by atoms with E-state index in [1.54, 1.807) is 0 Å². The van der Waals surface area contributed by atoms with Crippen LogP contribution in [0.1, 0.15) is 16.7 Å². The van der Waals surface area contributed by atoms with Crippen LogP contribution in [0.25, 0.3) is 11.1 Å². The van der Waals surface area contributed by atoms with Crippen molar-refractivity contribution in [2.75, 3.05) is 0 Å². The lowest BCUT2D eigenvalue weighted by atomic mass is 9.97. The summed E-state index contributed by atoms with van der Waals surface area (Å²) in [5.74, 6) is 0.509. The third-order valence-corrected chi connectivity index (χ3v) is 3.50. The predicted octanol–water partition coefficient (Wildman–Crippen LogP) is 5.36. The largest absolute Gasteiger partial charge is 0.122 e. The van der Waals surface area contributed by atoms with Gasteiger partial charge in [0.25, 0.3) is 0 Å². The van der Waals surface area contributed by atoms with Crippen LogP contribution in [-0.4, -0.2) is 0 Å². The summed E-state index contributed by atoms with van der Waals surface area (Å²) < 4.78 is 0. The van der Waals surface area contributed by atoms with Gasteiger partial charge in [0.15, 0.2) is 0 Å². The molecule has 0 bridgehead atoms. The molecule has 0 saturated carbocycles. The van der Waals surface area contributed by atoms with E-state index in [1.807, 2.05) is 12.1 Å². The Morgan fingerprint density at radius 3 is 2.35 bits per heavy atom. The summed E-state index contributed by atoms with van der Waals surface area (Å²) in [6, 6.07) is 12.3. The van der Waals surface area contributed by atoms with E-state index >= 15 is 0 Å². The van der Waals surface area contributed by atoms with Crippen LogP contribution in [-0.2, 0) is 5.88 Å². The van der Waals surface area contributed by atoms with Gasteiger partial charge in [0.2, 0.25) is 0 Å². The fraction of sp³-hybridized carbons (Fsp3) is 0.200. The van der Waals surface area contributed by atoms with Crippen molar-refractivity contribution in [3.8, 4) is 11.1 Å². The molecule has 0 N–H and O–H groups in total. The molecular formula is C15H14Cl2. The van der Waals surface area contributed by atoms with Crippen molar-refractivity contribution in [3.05, 3.63) is 58.1 Å². The standard InChI is InChI=1S/C15H14Cl2/c1-10-3-5-13(11(2)7-10)14-8-12(9-16)4-6-15(14)17/h3-8H,9H2,1-2H3. The highest BCUT2D eigenvalue weighted by Crippen LogP contribution is 2.32. The zero-order valence-electron chi connectivity index (χ0n) is 9.93. The third-order valence-electron chi connectivity index (χ3n) is 2.86. The second-order valence-electron chi connectivity index (χ2n) is 4.27. The number of halogens is 2. The maximum Gasteiger partial charge on any atom is 0.0484 e. The van der Waals surface area contributed by atoms with Gasteiger partial charge in [-0.1, -0.05) is 41.4 Å². The molecular weight excluding hydrogens is 251 g/mol. The minimum Gasteiger partial charge on any atom is -0.122 e. The highest BCUT2D eigenvalue weighted by molar-refractivity contribution is 6.33. The van der Waals surface area contributed by atoms with Crippen LogP contribution in [0.15, 0.2) is 36.4 Å².